The summed E-state index contributed by atoms with van der Waals surface area (Å²) in [4.78, 5) is 17.9. The van der Waals surface area contributed by atoms with Gasteiger partial charge in [0.1, 0.15) is 0 Å². The standard InChI is InChI=1S/C20H29N3O2S/c1-15-5-7-18(8-6-15)22-13-11-21(12-14-22)9-4-10-23-16(2)19(17(3)24)26-20(23)25/h5-8,17,24H,4,9-14H2,1-3H3. The lowest BCUT2D eigenvalue weighted by atomic mass is 10.2. The number of nitrogens with zero attached hydrogens (tertiary/aromatic N) is 3. The predicted octanol–water partition coefficient (Wildman–Crippen LogP) is 2.79. The molecule has 1 aliphatic heterocycles. The van der Waals surface area contributed by atoms with Gasteiger partial charge in [-0.1, -0.05) is 29.0 Å². The van der Waals surface area contributed by atoms with Gasteiger partial charge in [0.2, 0.25) is 0 Å². The van der Waals surface area contributed by atoms with Crippen LogP contribution in [0.25, 0.3) is 0 Å². The number of hydrogen-bond donors (Lipinski definition) is 1. The molecule has 1 fully saturated rings. The molecule has 1 aromatic carbocycles. The first-order chi connectivity index (χ1) is 12.5. The van der Waals surface area contributed by atoms with Crippen molar-refractivity contribution in [3.63, 3.8) is 0 Å². The maximum absolute atomic E-state index is 12.1. The Hall–Kier alpha value is -1.63. The molecule has 0 saturated carbocycles. The Morgan fingerprint density at radius 2 is 1.73 bits per heavy atom. The van der Waals surface area contributed by atoms with Crippen molar-refractivity contribution in [2.24, 2.45) is 0 Å². The molecule has 1 aromatic heterocycles. The van der Waals surface area contributed by atoms with Crippen molar-refractivity contribution < 1.29 is 5.11 Å². The third-order valence-electron chi connectivity index (χ3n) is 5.19. The molecule has 1 aliphatic rings. The quantitative estimate of drug-likeness (QED) is 0.843. The van der Waals surface area contributed by atoms with Gasteiger partial charge in [0.05, 0.1) is 11.0 Å². The van der Waals surface area contributed by atoms with Gasteiger partial charge in [-0.15, -0.1) is 0 Å². The van der Waals surface area contributed by atoms with E-state index in [1.54, 1.807) is 6.92 Å². The molecule has 142 valence electrons. The largest absolute Gasteiger partial charge is 0.388 e. The summed E-state index contributed by atoms with van der Waals surface area (Å²) in [5, 5.41) is 9.75. The topological polar surface area (TPSA) is 48.7 Å². The van der Waals surface area contributed by atoms with E-state index in [0.717, 1.165) is 56.3 Å². The Balaban J connectivity index is 1.47. The van der Waals surface area contributed by atoms with Gasteiger partial charge in [0.15, 0.2) is 0 Å². The van der Waals surface area contributed by atoms with Gasteiger partial charge in [-0.25, -0.2) is 0 Å². The number of piperazine rings is 1. The number of aliphatic hydroxyl groups excluding tert-OH is 1. The zero-order valence-corrected chi connectivity index (χ0v) is 16.8. The minimum absolute atomic E-state index is 0.0441. The number of thiazole rings is 1. The molecule has 1 saturated heterocycles. The molecule has 6 heteroatoms. The van der Waals surface area contributed by atoms with E-state index in [-0.39, 0.29) is 4.87 Å². The summed E-state index contributed by atoms with van der Waals surface area (Å²) < 4.78 is 1.81. The highest BCUT2D eigenvalue weighted by atomic mass is 32.1. The van der Waals surface area contributed by atoms with Gasteiger partial charge in [-0.05, 0) is 45.9 Å². The van der Waals surface area contributed by atoms with Crippen LogP contribution in [0.2, 0.25) is 0 Å². The Labute approximate surface area is 159 Å². The second-order valence-corrected chi connectivity index (χ2v) is 8.16. The minimum atomic E-state index is -0.566. The first-order valence-electron chi connectivity index (χ1n) is 9.38. The van der Waals surface area contributed by atoms with Crippen LogP contribution in [0, 0.1) is 13.8 Å². The Bertz CT molecular complexity index is 771. The van der Waals surface area contributed by atoms with Gasteiger partial charge in [-0.2, -0.15) is 0 Å². The Morgan fingerprint density at radius 1 is 1.08 bits per heavy atom. The molecular weight excluding hydrogens is 346 g/mol. The number of hydrogen-bond acceptors (Lipinski definition) is 5. The first kappa shape index (κ1) is 19.1. The third kappa shape index (κ3) is 4.37. The Kier molecular flexibility index (Phi) is 6.16. The van der Waals surface area contributed by atoms with E-state index in [1.165, 1.54) is 22.6 Å². The van der Waals surface area contributed by atoms with E-state index in [1.807, 2.05) is 11.5 Å². The van der Waals surface area contributed by atoms with Crippen molar-refractivity contribution in [1.29, 1.82) is 0 Å². The summed E-state index contributed by atoms with van der Waals surface area (Å²) in [6.07, 6.45) is 0.394. The number of rotatable bonds is 6. The number of aryl methyl sites for hydroxylation is 1. The molecule has 0 radical (unpaired) electrons. The van der Waals surface area contributed by atoms with Gasteiger partial charge in [0.25, 0.3) is 0 Å². The molecule has 0 spiro atoms. The molecule has 1 unspecified atom stereocenters. The van der Waals surface area contributed by atoms with E-state index in [0.29, 0.717) is 0 Å². The van der Waals surface area contributed by atoms with E-state index >= 15 is 0 Å². The summed E-state index contributed by atoms with van der Waals surface area (Å²) in [5.41, 5.74) is 3.52. The van der Waals surface area contributed by atoms with Gasteiger partial charge >= 0.3 is 4.87 Å². The molecule has 0 bridgehead atoms. The van der Waals surface area contributed by atoms with E-state index in [4.69, 9.17) is 0 Å². The fraction of sp³-hybridized carbons (Fsp3) is 0.550. The summed E-state index contributed by atoms with van der Waals surface area (Å²) in [7, 11) is 0. The van der Waals surface area contributed by atoms with Crippen LogP contribution in [0.3, 0.4) is 0 Å². The number of aliphatic hydroxyl groups is 1. The average molecular weight is 376 g/mol. The van der Waals surface area contributed by atoms with Crippen LogP contribution in [-0.2, 0) is 6.54 Å². The maximum atomic E-state index is 12.1. The highest BCUT2D eigenvalue weighted by Gasteiger charge is 2.18. The van der Waals surface area contributed by atoms with Crippen LogP contribution >= 0.6 is 11.3 Å². The zero-order chi connectivity index (χ0) is 18.7. The van der Waals surface area contributed by atoms with Crippen molar-refractivity contribution in [1.82, 2.24) is 9.47 Å². The van der Waals surface area contributed by atoms with E-state index in [2.05, 4.69) is 41.0 Å². The van der Waals surface area contributed by atoms with Gasteiger partial charge in [0, 0.05) is 44.1 Å². The lowest BCUT2D eigenvalue weighted by Gasteiger charge is -2.36. The van der Waals surface area contributed by atoms with Crippen LogP contribution in [-0.4, -0.2) is 47.3 Å². The van der Waals surface area contributed by atoms with Gasteiger partial charge < -0.3 is 14.6 Å². The Morgan fingerprint density at radius 3 is 2.31 bits per heavy atom. The molecule has 0 amide bonds. The van der Waals surface area contributed by atoms with Crippen LogP contribution in [0.4, 0.5) is 5.69 Å². The summed E-state index contributed by atoms with van der Waals surface area (Å²) >= 11 is 1.17. The highest BCUT2D eigenvalue weighted by molar-refractivity contribution is 7.09. The average Bonchev–Trinajstić information content (AvgIpc) is 2.91. The number of anilines is 1. The third-order valence-corrected chi connectivity index (χ3v) is 6.44. The highest BCUT2D eigenvalue weighted by Crippen LogP contribution is 2.21. The van der Waals surface area contributed by atoms with E-state index < -0.39 is 6.10 Å². The predicted molar refractivity (Wildman–Crippen MR) is 108 cm³/mol. The van der Waals surface area contributed by atoms with Crippen LogP contribution in [0.15, 0.2) is 29.1 Å². The van der Waals surface area contributed by atoms with Crippen molar-refractivity contribution >= 4 is 17.0 Å². The zero-order valence-electron chi connectivity index (χ0n) is 15.9. The fourth-order valence-corrected chi connectivity index (χ4v) is 4.53. The number of benzene rings is 1. The minimum Gasteiger partial charge on any atom is -0.388 e. The summed E-state index contributed by atoms with van der Waals surface area (Å²) in [5.74, 6) is 0. The lowest BCUT2D eigenvalue weighted by molar-refractivity contribution is 0.201. The fourth-order valence-electron chi connectivity index (χ4n) is 3.58. The second-order valence-electron chi connectivity index (χ2n) is 7.16. The second kappa shape index (κ2) is 8.37. The molecule has 2 heterocycles. The lowest BCUT2D eigenvalue weighted by Crippen LogP contribution is -2.46. The van der Waals surface area contributed by atoms with Gasteiger partial charge in [-0.3, -0.25) is 9.69 Å². The van der Waals surface area contributed by atoms with Crippen LogP contribution in [0.5, 0.6) is 0 Å². The smallest absolute Gasteiger partial charge is 0.307 e. The van der Waals surface area contributed by atoms with Crippen LogP contribution < -0.4 is 9.77 Å². The van der Waals surface area contributed by atoms with Crippen molar-refractivity contribution in [2.75, 3.05) is 37.6 Å². The first-order valence-corrected chi connectivity index (χ1v) is 10.2. The molecule has 5 nitrogen and oxygen atoms in total. The molecular formula is C20H29N3O2S. The van der Waals surface area contributed by atoms with Crippen molar-refractivity contribution in [3.05, 3.63) is 50.1 Å². The molecule has 0 aliphatic carbocycles. The molecule has 2 aromatic rings. The maximum Gasteiger partial charge on any atom is 0.307 e. The normalized spacial score (nSPS) is 16.8. The van der Waals surface area contributed by atoms with Crippen molar-refractivity contribution in [2.45, 2.75) is 39.8 Å². The van der Waals surface area contributed by atoms with E-state index in [9.17, 15) is 9.90 Å². The summed E-state index contributed by atoms with van der Waals surface area (Å²) in [6, 6.07) is 8.75. The SMILES string of the molecule is Cc1ccc(N2CCN(CCCn3c(C)c(C(C)O)sc3=O)CC2)cc1. The van der Waals surface area contributed by atoms with Crippen LogP contribution in [0.1, 0.15) is 35.6 Å². The van der Waals surface area contributed by atoms with Crippen molar-refractivity contribution in [3.8, 4) is 0 Å². The molecule has 26 heavy (non-hydrogen) atoms. The molecule has 3 rings (SSSR count). The monoisotopic (exact) mass is 375 g/mol. The number of aromatic nitrogens is 1. The summed E-state index contributed by atoms with van der Waals surface area (Å²) in [6.45, 7) is 11.7. The molecule has 1 N–H and O–H groups in total. The molecule has 1 atom stereocenters.